The summed E-state index contributed by atoms with van der Waals surface area (Å²) in [5, 5.41) is 8.04. The molecule has 2 spiro atoms. The van der Waals surface area contributed by atoms with Crippen LogP contribution in [0.1, 0.15) is 83.3 Å². The van der Waals surface area contributed by atoms with Gasteiger partial charge in [-0.05, 0) is 158 Å². The molecule has 6 aliphatic rings. The summed E-state index contributed by atoms with van der Waals surface area (Å²) in [7, 11) is 0. The van der Waals surface area contributed by atoms with Crippen LogP contribution in [0.15, 0.2) is 36.4 Å². The number of nitrogens with one attached hydrogen (secondary N) is 2. The maximum atomic E-state index is 13.7. The zero-order chi connectivity index (χ0) is 32.5. The average Bonchev–Trinajstić information content (AvgIpc) is 3.97. The minimum absolute atomic E-state index is 0.0952. The molecule has 1 amide bonds. The molecule has 8 rings (SSSR count). The van der Waals surface area contributed by atoms with Gasteiger partial charge < -0.3 is 20.3 Å². The molecular weight excluding hydrogens is 650 g/mol. The second-order valence-electron chi connectivity index (χ2n) is 15.4. The van der Waals surface area contributed by atoms with E-state index in [1.165, 1.54) is 75.1 Å². The number of halogens is 3. The molecule has 252 valence electrons. The van der Waals surface area contributed by atoms with E-state index in [2.05, 4.69) is 31.5 Å². The number of anilines is 2. The molecule has 6 nitrogen and oxygen atoms in total. The van der Waals surface area contributed by atoms with Crippen LogP contribution in [-0.4, -0.2) is 67.7 Å². The molecule has 9 heteroatoms. The van der Waals surface area contributed by atoms with Gasteiger partial charge in [-0.25, -0.2) is 13.6 Å². The molecule has 4 aliphatic heterocycles. The fraction of sp³-hybridized carbons (Fsp3) is 0.649. The summed E-state index contributed by atoms with van der Waals surface area (Å²) in [5.74, 6) is 1.68. The van der Waals surface area contributed by atoms with Crippen LogP contribution in [0.4, 0.5) is 25.0 Å². The Labute approximate surface area is 282 Å². The maximum absolute atomic E-state index is 13.7. The molecule has 4 fully saturated rings. The number of ether oxygens (including phenoxy) is 1. The molecule has 2 aromatic rings. The Morgan fingerprint density at radius 1 is 0.913 bits per heavy atom. The Balaban J connectivity index is 0.000000141. The van der Waals surface area contributed by atoms with Crippen LogP contribution < -0.4 is 15.5 Å². The molecule has 2 aromatic carbocycles. The van der Waals surface area contributed by atoms with Gasteiger partial charge in [0.25, 0.3) is 0 Å². The number of hydrogen-bond acceptors (Lipinski definition) is 5. The zero-order valence-electron chi connectivity index (χ0n) is 27.8. The lowest BCUT2D eigenvalue weighted by Crippen LogP contribution is -2.45. The van der Waals surface area contributed by atoms with Gasteiger partial charge in [-0.1, -0.05) is 15.9 Å². The third-order valence-corrected chi connectivity index (χ3v) is 11.5. The van der Waals surface area contributed by atoms with Gasteiger partial charge in [0, 0.05) is 41.5 Å². The van der Waals surface area contributed by atoms with Crippen LogP contribution in [0, 0.1) is 23.5 Å². The van der Waals surface area contributed by atoms with Crippen LogP contribution in [0.2, 0.25) is 0 Å². The van der Waals surface area contributed by atoms with Crippen molar-refractivity contribution < 1.29 is 18.3 Å². The van der Waals surface area contributed by atoms with Crippen molar-refractivity contribution >= 4 is 33.4 Å². The molecule has 0 atom stereocenters. The summed E-state index contributed by atoms with van der Waals surface area (Å²) in [5.41, 5.74) is 3.60. The Kier molecular flexibility index (Phi) is 10.0. The fourth-order valence-corrected chi connectivity index (χ4v) is 8.12. The van der Waals surface area contributed by atoms with E-state index in [1.54, 1.807) is 29.2 Å². The second kappa shape index (κ2) is 13.7. The fourth-order valence-electron chi connectivity index (χ4n) is 7.47. The van der Waals surface area contributed by atoms with E-state index in [9.17, 15) is 13.6 Å². The van der Waals surface area contributed by atoms with Crippen LogP contribution >= 0.6 is 15.9 Å². The molecule has 0 unspecified atom stereocenters. The van der Waals surface area contributed by atoms with E-state index in [0.29, 0.717) is 6.54 Å². The number of piperidine rings is 2. The predicted octanol–water partition coefficient (Wildman–Crippen LogP) is 7.99. The normalized spacial score (nSPS) is 22.6. The van der Waals surface area contributed by atoms with Crippen molar-refractivity contribution in [1.29, 1.82) is 0 Å². The highest BCUT2D eigenvalue weighted by Gasteiger charge is 2.46. The highest BCUT2D eigenvalue weighted by atomic mass is 79.9. The van der Waals surface area contributed by atoms with Crippen LogP contribution in [0.25, 0.3) is 0 Å². The molecule has 0 aromatic heterocycles. The zero-order valence-corrected chi connectivity index (χ0v) is 29.4. The Morgan fingerprint density at radius 3 is 2.13 bits per heavy atom. The lowest BCUT2D eigenvalue weighted by molar-refractivity contribution is 0.0575. The van der Waals surface area contributed by atoms with E-state index < -0.39 is 5.60 Å². The van der Waals surface area contributed by atoms with Gasteiger partial charge in [-0.15, -0.1) is 0 Å². The lowest BCUT2D eigenvalue weighted by Gasteiger charge is -2.39. The van der Waals surface area contributed by atoms with Crippen molar-refractivity contribution in [3.05, 3.63) is 59.2 Å². The first-order valence-electron chi connectivity index (χ1n) is 17.3. The predicted molar refractivity (Wildman–Crippen MR) is 185 cm³/mol. The average molecular weight is 702 g/mol. The third-order valence-electron chi connectivity index (χ3n) is 10.6. The number of benzene rings is 2. The third kappa shape index (κ3) is 7.90. The SMILES string of the molecule is BrCC1CC1.CC(C)(C)OC(=O)N1CC2(CCNCC2)c2cc(F)ccc21.Fc1ccc2c(c1)C1(CCN(CC3CC3)CC1)CN2. The molecular formula is C37H51BrF2N4O2. The molecule has 2 N–H and O–H groups in total. The Bertz CT molecular complexity index is 1380. The molecule has 0 radical (unpaired) electrons. The first-order chi connectivity index (χ1) is 22.0. The first kappa shape index (κ1) is 33.7. The molecule has 4 heterocycles. The molecule has 46 heavy (non-hydrogen) atoms. The minimum atomic E-state index is -0.541. The van der Waals surface area contributed by atoms with Crippen LogP contribution in [-0.2, 0) is 15.6 Å². The summed E-state index contributed by atoms with van der Waals surface area (Å²) < 4.78 is 32.8. The van der Waals surface area contributed by atoms with E-state index in [1.807, 2.05) is 26.8 Å². The van der Waals surface area contributed by atoms with Crippen molar-refractivity contribution in [2.24, 2.45) is 11.8 Å². The highest BCUT2D eigenvalue weighted by molar-refractivity contribution is 9.09. The number of likely N-dealkylation sites (tertiary alicyclic amines) is 1. The number of hydrogen-bond donors (Lipinski definition) is 2. The first-order valence-corrected chi connectivity index (χ1v) is 18.4. The minimum Gasteiger partial charge on any atom is -0.443 e. The standard InChI is InChI=1S/C17H23FN2O2.C16H21FN2.C4H7Br/c1-16(2,3)22-15(21)20-11-17(6-8-19-9-7-17)13-10-12(18)4-5-14(13)20;17-13-3-4-15-14(9-13)16(11-18-15)5-7-19(8-6-16)10-12-1-2-12;5-3-4-1-2-4/h4-5,10,19H,6-9,11H2,1-3H3;3-4,9,12,18H,1-2,5-8,10-11H2;4H,1-3H2. The lowest BCUT2D eigenvalue weighted by atomic mass is 9.74. The number of fused-ring (bicyclic) bond motifs is 4. The van der Waals surface area contributed by atoms with E-state index in [-0.39, 0.29) is 28.6 Å². The van der Waals surface area contributed by atoms with Crippen molar-refractivity contribution in [3.8, 4) is 0 Å². The number of rotatable bonds is 3. The largest absolute Gasteiger partial charge is 0.443 e. The van der Waals surface area contributed by atoms with E-state index >= 15 is 0 Å². The summed E-state index contributed by atoms with van der Waals surface area (Å²) in [6.45, 7) is 12.5. The smallest absolute Gasteiger partial charge is 0.414 e. The van der Waals surface area contributed by atoms with Gasteiger partial charge in [0.15, 0.2) is 0 Å². The van der Waals surface area contributed by atoms with Gasteiger partial charge in [0.1, 0.15) is 17.2 Å². The summed E-state index contributed by atoms with van der Waals surface area (Å²) in [6, 6.07) is 9.92. The van der Waals surface area contributed by atoms with Crippen molar-refractivity contribution in [2.75, 3.05) is 61.4 Å². The number of alkyl halides is 1. The number of carbonyl (C=O) groups is 1. The topological polar surface area (TPSA) is 56.8 Å². The van der Waals surface area contributed by atoms with Gasteiger partial charge >= 0.3 is 6.09 Å². The van der Waals surface area contributed by atoms with Gasteiger partial charge in [0.05, 0.1) is 5.69 Å². The molecule has 0 bridgehead atoms. The summed E-state index contributed by atoms with van der Waals surface area (Å²) >= 11 is 3.38. The van der Waals surface area contributed by atoms with Gasteiger partial charge in [0.2, 0.25) is 0 Å². The van der Waals surface area contributed by atoms with Gasteiger partial charge in [-0.2, -0.15) is 0 Å². The summed E-state index contributed by atoms with van der Waals surface area (Å²) in [6.07, 6.45) is 9.58. The maximum Gasteiger partial charge on any atom is 0.414 e. The van der Waals surface area contributed by atoms with Crippen molar-refractivity contribution in [2.45, 2.75) is 88.6 Å². The number of nitrogens with zero attached hydrogens (tertiary/aromatic N) is 2. The van der Waals surface area contributed by atoms with Gasteiger partial charge in [-0.3, -0.25) is 4.90 Å². The van der Waals surface area contributed by atoms with Crippen LogP contribution in [0.5, 0.6) is 0 Å². The second-order valence-corrected chi connectivity index (χ2v) is 16.1. The number of carbonyl (C=O) groups excluding carboxylic acids is 1. The summed E-state index contributed by atoms with van der Waals surface area (Å²) in [4.78, 5) is 16.8. The van der Waals surface area contributed by atoms with E-state index in [0.717, 1.165) is 61.2 Å². The number of amides is 1. The Hall–Kier alpha value is -2.23. The quantitative estimate of drug-likeness (QED) is 0.318. The molecule has 2 saturated heterocycles. The monoisotopic (exact) mass is 700 g/mol. The molecule has 2 aliphatic carbocycles. The van der Waals surface area contributed by atoms with E-state index in [4.69, 9.17) is 4.74 Å². The molecule has 2 saturated carbocycles. The Morgan fingerprint density at radius 2 is 1.54 bits per heavy atom. The van der Waals surface area contributed by atoms with Crippen LogP contribution in [0.3, 0.4) is 0 Å². The van der Waals surface area contributed by atoms with Crippen molar-refractivity contribution in [1.82, 2.24) is 10.2 Å². The highest BCUT2D eigenvalue weighted by Crippen LogP contribution is 2.47. The van der Waals surface area contributed by atoms with Crippen molar-refractivity contribution in [3.63, 3.8) is 0 Å².